The number of rotatable bonds is 10. The Kier molecular flexibility index (Phi) is 9.05. The molecular weight excluding hydrogens is 498 g/mol. The minimum Gasteiger partial charge on any atom is -0.477 e. The lowest BCUT2D eigenvalue weighted by Crippen LogP contribution is -2.30. The molecule has 0 spiro atoms. The zero-order valence-electron chi connectivity index (χ0n) is 19.6. The lowest BCUT2D eigenvalue weighted by atomic mass is 10.1. The molecule has 0 radical (unpaired) electrons. The van der Waals surface area contributed by atoms with Crippen LogP contribution in [0.15, 0.2) is 101 Å². The second kappa shape index (κ2) is 12.2. The number of hydrogen-bond acceptors (Lipinski definition) is 6. The van der Waals surface area contributed by atoms with E-state index in [-0.39, 0.29) is 10.5 Å². The Labute approximate surface area is 216 Å². The van der Waals surface area contributed by atoms with Gasteiger partial charge in [0, 0.05) is 28.8 Å². The van der Waals surface area contributed by atoms with Crippen LogP contribution in [0.3, 0.4) is 0 Å². The monoisotopic (exact) mass is 523 g/mol. The van der Waals surface area contributed by atoms with E-state index in [1.165, 1.54) is 24.3 Å². The van der Waals surface area contributed by atoms with Crippen LogP contribution in [0.5, 0.6) is 0 Å². The second-order valence-corrected chi connectivity index (χ2v) is 9.95. The number of nitrogens with one attached hydrogen (secondary N) is 1. The van der Waals surface area contributed by atoms with Gasteiger partial charge < -0.3 is 10.5 Å². The van der Waals surface area contributed by atoms with Crippen molar-refractivity contribution >= 4 is 39.9 Å². The molecule has 7 nitrogen and oxygen atoms in total. The van der Waals surface area contributed by atoms with Gasteiger partial charge in [-0.15, -0.1) is 0 Å². The highest BCUT2D eigenvalue weighted by atomic mass is 35.5. The van der Waals surface area contributed by atoms with Gasteiger partial charge in [-0.2, -0.15) is 0 Å². The van der Waals surface area contributed by atoms with E-state index in [0.717, 1.165) is 11.1 Å². The van der Waals surface area contributed by atoms with Crippen molar-refractivity contribution in [2.45, 2.75) is 18.2 Å². The van der Waals surface area contributed by atoms with Gasteiger partial charge >= 0.3 is 0 Å². The summed E-state index contributed by atoms with van der Waals surface area (Å²) in [6.07, 6.45) is 3.88. The molecule has 3 aromatic carbocycles. The molecule has 0 aromatic heterocycles. The molecule has 1 amide bonds. The molecule has 36 heavy (non-hydrogen) atoms. The molecule has 3 N–H and O–H groups in total. The van der Waals surface area contributed by atoms with Gasteiger partial charge in [0.2, 0.25) is 5.88 Å². The van der Waals surface area contributed by atoms with Gasteiger partial charge in [0.1, 0.15) is 0 Å². The summed E-state index contributed by atoms with van der Waals surface area (Å²) in [5.74, 6) is -0.430. The fourth-order valence-corrected chi connectivity index (χ4v) is 4.20. The number of allylic oxidation sites excluding steroid dienone is 2. The zero-order chi connectivity index (χ0) is 26.1. The smallest absolute Gasteiger partial charge is 0.264 e. The summed E-state index contributed by atoms with van der Waals surface area (Å²) < 4.78 is 32.6. The van der Waals surface area contributed by atoms with E-state index in [2.05, 4.69) is 16.4 Å². The van der Waals surface area contributed by atoms with Crippen LogP contribution in [0.4, 0.5) is 0 Å². The number of hydrogen-bond donors (Lipinski definition) is 2. The summed E-state index contributed by atoms with van der Waals surface area (Å²) in [4.78, 5) is 16.3. The van der Waals surface area contributed by atoms with E-state index in [0.29, 0.717) is 35.2 Å². The number of amides is 1. The van der Waals surface area contributed by atoms with Crippen molar-refractivity contribution in [3.05, 3.63) is 118 Å². The molecule has 0 atom stereocenters. The Balaban J connectivity index is 1.60. The third-order valence-electron chi connectivity index (χ3n) is 5.15. The zero-order valence-corrected chi connectivity index (χ0v) is 21.2. The summed E-state index contributed by atoms with van der Waals surface area (Å²) in [7, 11) is -3.98. The molecular formula is C27H26ClN3O4S. The first kappa shape index (κ1) is 26.7. The molecule has 0 fully saturated rings. The highest BCUT2D eigenvalue weighted by Gasteiger charge is 2.18. The van der Waals surface area contributed by atoms with Crippen molar-refractivity contribution in [1.82, 2.24) is 4.72 Å². The molecule has 0 unspecified atom stereocenters. The molecule has 3 rings (SSSR count). The number of nitrogens with zero attached hydrogens (tertiary/aromatic N) is 1. The molecule has 9 heteroatoms. The van der Waals surface area contributed by atoms with Crippen LogP contribution in [-0.4, -0.2) is 27.6 Å². The number of nitrogens with two attached hydrogens (primary N) is 1. The quantitative estimate of drug-likeness (QED) is 0.224. The number of carbonyl (C=O) groups excluding carboxylic acids is 1. The molecule has 0 saturated heterocycles. The third-order valence-corrected chi connectivity index (χ3v) is 6.75. The highest BCUT2D eigenvalue weighted by Crippen LogP contribution is 2.15. The van der Waals surface area contributed by atoms with Crippen molar-refractivity contribution in [1.29, 1.82) is 0 Å². The third kappa shape index (κ3) is 7.56. The lowest BCUT2D eigenvalue weighted by Gasteiger charge is -2.08. The Morgan fingerprint density at radius 1 is 1.00 bits per heavy atom. The Morgan fingerprint density at radius 2 is 1.61 bits per heavy atom. The standard InChI is InChI=1S/C27H26ClN3O4S/c1-19-3-13-24(14-4-19)36(33,34)31-27(32)22-9-7-21(8-10-22)25(29)15-16-26(30-2)35-18-17-20-5-11-23(28)12-6-20/h3-16H,2,17-18,29H2,1H3,(H,31,32)/b25-15-,26-16+. The molecule has 0 aliphatic rings. The normalized spacial score (nSPS) is 12.2. The highest BCUT2D eigenvalue weighted by molar-refractivity contribution is 7.90. The molecule has 186 valence electrons. The van der Waals surface area contributed by atoms with Crippen LogP contribution in [0.2, 0.25) is 5.02 Å². The predicted molar refractivity (Wildman–Crippen MR) is 143 cm³/mol. The van der Waals surface area contributed by atoms with Gasteiger partial charge in [0.05, 0.1) is 11.5 Å². The lowest BCUT2D eigenvalue weighted by molar-refractivity contribution is 0.0981. The van der Waals surface area contributed by atoms with E-state index in [4.69, 9.17) is 22.1 Å². The fraction of sp³-hybridized carbons (Fsp3) is 0.111. The van der Waals surface area contributed by atoms with Crippen molar-refractivity contribution in [3.8, 4) is 0 Å². The number of aliphatic imine (C=N–C) groups is 1. The van der Waals surface area contributed by atoms with Crippen molar-refractivity contribution < 1.29 is 17.9 Å². The topological polar surface area (TPSA) is 111 Å². The Hall–Kier alpha value is -3.88. The maximum atomic E-state index is 12.5. The molecule has 0 bridgehead atoms. The van der Waals surface area contributed by atoms with Gasteiger partial charge in [-0.3, -0.25) is 4.79 Å². The number of halogens is 1. The van der Waals surface area contributed by atoms with Crippen LogP contribution in [0, 0.1) is 6.92 Å². The minimum atomic E-state index is -3.98. The first-order valence-corrected chi connectivity index (χ1v) is 12.8. The average Bonchev–Trinajstić information content (AvgIpc) is 2.87. The van der Waals surface area contributed by atoms with E-state index in [9.17, 15) is 13.2 Å². The second-order valence-electron chi connectivity index (χ2n) is 7.83. The number of carbonyl (C=O) groups is 1. The first-order valence-electron chi connectivity index (χ1n) is 10.9. The van der Waals surface area contributed by atoms with Crippen molar-refractivity contribution in [2.24, 2.45) is 10.7 Å². The van der Waals surface area contributed by atoms with E-state index >= 15 is 0 Å². The number of aryl methyl sites for hydroxylation is 1. The van der Waals surface area contributed by atoms with Gasteiger partial charge in [0.15, 0.2) is 0 Å². The largest absolute Gasteiger partial charge is 0.477 e. The van der Waals surface area contributed by atoms with Gasteiger partial charge in [0.25, 0.3) is 15.9 Å². The van der Waals surface area contributed by atoms with E-state index < -0.39 is 15.9 Å². The molecule has 0 saturated carbocycles. The minimum absolute atomic E-state index is 0.0130. The summed E-state index contributed by atoms with van der Waals surface area (Å²) in [6, 6.07) is 19.9. The average molecular weight is 524 g/mol. The number of sulfonamides is 1. The predicted octanol–water partition coefficient (Wildman–Crippen LogP) is 4.87. The van der Waals surface area contributed by atoms with Crippen LogP contribution in [0.1, 0.15) is 27.0 Å². The maximum Gasteiger partial charge on any atom is 0.264 e. The van der Waals surface area contributed by atoms with Crippen molar-refractivity contribution in [2.75, 3.05) is 6.61 Å². The van der Waals surface area contributed by atoms with Crippen LogP contribution in [-0.2, 0) is 21.2 Å². The van der Waals surface area contributed by atoms with Crippen LogP contribution < -0.4 is 10.5 Å². The molecule has 0 aliphatic heterocycles. The molecule has 0 heterocycles. The van der Waals surface area contributed by atoms with Gasteiger partial charge in [-0.1, -0.05) is 53.6 Å². The van der Waals surface area contributed by atoms with E-state index in [1.54, 1.807) is 36.4 Å². The van der Waals surface area contributed by atoms with Gasteiger partial charge in [-0.25, -0.2) is 18.1 Å². The number of benzene rings is 3. The fourth-order valence-electron chi connectivity index (χ4n) is 3.10. The summed E-state index contributed by atoms with van der Waals surface area (Å²) in [5, 5.41) is 0.676. The maximum absolute atomic E-state index is 12.5. The van der Waals surface area contributed by atoms with Crippen LogP contribution in [0.25, 0.3) is 5.70 Å². The Morgan fingerprint density at radius 3 is 2.22 bits per heavy atom. The van der Waals surface area contributed by atoms with E-state index in [1.807, 2.05) is 31.2 Å². The number of ether oxygens (including phenoxy) is 1. The summed E-state index contributed by atoms with van der Waals surface area (Å²) in [6.45, 7) is 5.75. The van der Waals surface area contributed by atoms with Gasteiger partial charge in [-0.05, 0) is 67.2 Å². The summed E-state index contributed by atoms with van der Waals surface area (Å²) in [5.41, 5.74) is 9.34. The Bertz CT molecular complexity index is 1380. The SMILES string of the molecule is C=N/C(=C\C=C(/N)c1ccc(C(=O)NS(=O)(=O)c2ccc(C)cc2)cc1)OCCc1ccc(Cl)cc1. The molecule has 0 aliphatic carbocycles. The van der Waals surface area contributed by atoms with Crippen LogP contribution >= 0.6 is 11.6 Å². The summed E-state index contributed by atoms with van der Waals surface area (Å²) >= 11 is 5.89. The van der Waals surface area contributed by atoms with Crippen molar-refractivity contribution in [3.63, 3.8) is 0 Å². The molecule has 3 aromatic rings. The first-order chi connectivity index (χ1) is 17.2.